The average molecular weight is 266 g/mol. The predicted molar refractivity (Wildman–Crippen MR) is 78.9 cm³/mol. The second kappa shape index (κ2) is 5.30. The molecule has 2 nitrogen and oxygen atoms in total. The maximum atomic E-state index is 6.44. The van der Waals surface area contributed by atoms with Gasteiger partial charge in [-0.2, -0.15) is 0 Å². The van der Waals surface area contributed by atoms with E-state index in [1.807, 2.05) is 0 Å². The number of thiazole rings is 1. The van der Waals surface area contributed by atoms with Crippen molar-refractivity contribution in [1.82, 2.24) is 4.98 Å². The molecule has 0 spiro atoms. The molecule has 1 saturated carbocycles. The van der Waals surface area contributed by atoms with Crippen molar-refractivity contribution in [2.75, 3.05) is 0 Å². The molecule has 3 atom stereocenters. The molecular formula is C15H26N2S. The highest BCUT2D eigenvalue weighted by molar-refractivity contribution is 7.09. The van der Waals surface area contributed by atoms with Crippen LogP contribution in [0.4, 0.5) is 0 Å². The van der Waals surface area contributed by atoms with Gasteiger partial charge in [0.15, 0.2) is 0 Å². The zero-order chi connectivity index (χ0) is 13.3. The van der Waals surface area contributed by atoms with E-state index in [0.717, 1.165) is 10.9 Å². The van der Waals surface area contributed by atoms with E-state index in [-0.39, 0.29) is 11.5 Å². The van der Waals surface area contributed by atoms with Crippen LogP contribution in [-0.4, -0.2) is 4.98 Å². The lowest BCUT2D eigenvalue weighted by atomic mass is 9.79. The van der Waals surface area contributed by atoms with E-state index in [4.69, 9.17) is 10.7 Å². The first-order valence-electron chi connectivity index (χ1n) is 7.09. The minimum atomic E-state index is 0.133. The number of nitrogens with zero attached hydrogens (tertiary/aromatic N) is 1. The van der Waals surface area contributed by atoms with Crippen LogP contribution in [0.25, 0.3) is 0 Å². The summed E-state index contributed by atoms with van der Waals surface area (Å²) in [6.07, 6.45) is 5.24. The summed E-state index contributed by atoms with van der Waals surface area (Å²) >= 11 is 1.74. The largest absolute Gasteiger partial charge is 0.322 e. The molecular weight excluding hydrogens is 240 g/mol. The van der Waals surface area contributed by atoms with Gasteiger partial charge in [-0.1, -0.05) is 40.5 Å². The van der Waals surface area contributed by atoms with Crippen molar-refractivity contribution in [1.29, 1.82) is 0 Å². The number of rotatable bonds is 2. The van der Waals surface area contributed by atoms with Crippen molar-refractivity contribution < 1.29 is 0 Å². The SMILES string of the molecule is CC1CCCC(C(N)c2nc(C(C)(C)C)cs2)C1. The lowest BCUT2D eigenvalue weighted by Crippen LogP contribution is -2.26. The van der Waals surface area contributed by atoms with Gasteiger partial charge in [-0.15, -0.1) is 11.3 Å². The van der Waals surface area contributed by atoms with Gasteiger partial charge in [0.2, 0.25) is 0 Å². The standard InChI is InChI=1S/C15H26N2S/c1-10-6-5-7-11(8-10)13(16)14-17-12(9-18-14)15(2,3)4/h9-11,13H,5-8,16H2,1-4H3. The predicted octanol–water partition coefficient (Wildman–Crippen LogP) is 4.27. The first-order valence-corrected chi connectivity index (χ1v) is 7.97. The summed E-state index contributed by atoms with van der Waals surface area (Å²) in [6.45, 7) is 8.97. The molecule has 2 N–H and O–H groups in total. The van der Waals surface area contributed by atoms with Crippen molar-refractivity contribution >= 4 is 11.3 Å². The minimum absolute atomic E-state index is 0.133. The van der Waals surface area contributed by atoms with E-state index in [9.17, 15) is 0 Å². The van der Waals surface area contributed by atoms with E-state index in [0.29, 0.717) is 5.92 Å². The Kier molecular flexibility index (Phi) is 4.12. The molecule has 0 aromatic carbocycles. The van der Waals surface area contributed by atoms with Gasteiger partial charge >= 0.3 is 0 Å². The summed E-state index contributed by atoms with van der Waals surface area (Å²) in [5, 5.41) is 3.32. The summed E-state index contributed by atoms with van der Waals surface area (Å²) in [6, 6.07) is 0.147. The van der Waals surface area contributed by atoms with Crippen LogP contribution >= 0.6 is 11.3 Å². The highest BCUT2D eigenvalue weighted by Crippen LogP contribution is 2.37. The summed E-state index contributed by atoms with van der Waals surface area (Å²) in [5.41, 5.74) is 7.75. The van der Waals surface area contributed by atoms with Gasteiger partial charge in [-0.25, -0.2) is 4.98 Å². The Bertz CT molecular complexity index is 391. The molecule has 1 aliphatic carbocycles. The third-order valence-corrected chi connectivity index (χ3v) is 5.01. The van der Waals surface area contributed by atoms with Crippen molar-refractivity contribution in [3.05, 3.63) is 16.1 Å². The second-order valence-corrected chi connectivity index (χ2v) is 7.77. The normalized spacial score (nSPS) is 27.2. The number of aromatic nitrogens is 1. The Labute approximate surface area is 115 Å². The number of hydrogen-bond acceptors (Lipinski definition) is 3. The maximum Gasteiger partial charge on any atom is 0.110 e. The Morgan fingerprint density at radius 2 is 2.11 bits per heavy atom. The van der Waals surface area contributed by atoms with Crippen LogP contribution in [0.2, 0.25) is 0 Å². The van der Waals surface area contributed by atoms with E-state index in [1.165, 1.54) is 31.4 Å². The van der Waals surface area contributed by atoms with Gasteiger partial charge in [0, 0.05) is 10.8 Å². The third-order valence-electron chi connectivity index (χ3n) is 4.06. The van der Waals surface area contributed by atoms with Gasteiger partial charge in [-0.05, 0) is 24.7 Å². The molecule has 0 saturated heterocycles. The molecule has 0 aliphatic heterocycles. The molecule has 1 aliphatic rings. The second-order valence-electron chi connectivity index (χ2n) is 6.88. The first-order chi connectivity index (χ1) is 8.38. The molecule has 18 heavy (non-hydrogen) atoms. The van der Waals surface area contributed by atoms with Crippen LogP contribution in [0.15, 0.2) is 5.38 Å². The molecule has 1 fully saturated rings. The zero-order valence-electron chi connectivity index (χ0n) is 12.1. The Hall–Kier alpha value is -0.410. The molecule has 0 radical (unpaired) electrons. The van der Waals surface area contributed by atoms with Gasteiger partial charge in [-0.3, -0.25) is 0 Å². The van der Waals surface area contributed by atoms with Crippen LogP contribution in [0.3, 0.4) is 0 Å². The lowest BCUT2D eigenvalue weighted by molar-refractivity contribution is 0.247. The summed E-state index contributed by atoms with van der Waals surface area (Å²) in [7, 11) is 0. The fourth-order valence-corrected chi connectivity index (χ4v) is 3.93. The Balaban J connectivity index is 2.09. The first kappa shape index (κ1) is 14.0. The maximum absolute atomic E-state index is 6.44. The fourth-order valence-electron chi connectivity index (χ4n) is 2.79. The van der Waals surface area contributed by atoms with Crippen molar-refractivity contribution in [2.45, 2.75) is 64.8 Å². The monoisotopic (exact) mass is 266 g/mol. The van der Waals surface area contributed by atoms with Crippen LogP contribution in [0.1, 0.15) is 70.1 Å². The summed E-state index contributed by atoms with van der Waals surface area (Å²) < 4.78 is 0. The van der Waals surface area contributed by atoms with Gasteiger partial charge in [0.25, 0.3) is 0 Å². The fraction of sp³-hybridized carbons (Fsp3) is 0.800. The molecule has 2 rings (SSSR count). The minimum Gasteiger partial charge on any atom is -0.322 e. The van der Waals surface area contributed by atoms with Gasteiger partial charge in [0.1, 0.15) is 5.01 Å². The van der Waals surface area contributed by atoms with Crippen LogP contribution < -0.4 is 5.73 Å². The highest BCUT2D eigenvalue weighted by Gasteiger charge is 2.28. The lowest BCUT2D eigenvalue weighted by Gasteiger charge is -2.30. The Morgan fingerprint density at radius 1 is 1.39 bits per heavy atom. The van der Waals surface area contributed by atoms with E-state index >= 15 is 0 Å². The van der Waals surface area contributed by atoms with E-state index in [2.05, 4.69) is 33.1 Å². The van der Waals surface area contributed by atoms with Crippen LogP contribution in [-0.2, 0) is 5.41 Å². The quantitative estimate of drug-likeness (QED) is 0.868. The van der Waals surface area contributed by atoms with Crippen LogP contribution in [0, 0.1) is 11.8 Å². The molecule has 102 valence electrons. The average Bonchev–Trinajstić information content (AvgIpc) is 2.77. The van der Waals surface area contributed by atoms with E-state index in [1.54, 1.807) is 11.3 Å². The molecule has 1 aromatic rings. The summed E-state index contributed by atoms with van der Waals surface area (Å²) in [5.74, 6) is 1.46. The highest BCUT2D eigenvalue weighted by atomic mass is 32.1. The van der Waals surface area contributed by atoms with Gasteiger partial charge < -0.3 is 5.73 Å². The number of nitrogens with two attached hydrogens (primary N) is 1. The van der Waals surface area contributed by atoms with Gasteiger partial charge in [0.05, 0.1) is 11.7 Å². The third kappa shape index (κ3) is 3.12. The zero-order valence-corrected chi connectivity index (χ0v) is 12.9. The molecule has 3 heteroatoms. The Morgan fingerprint density at radius 3 is 2.67 bits per heavy atom. The molecule has 0 amide bonds. The molecule has 1 heterocycles. The van der Waals surface area contributed by atoms with E-state index < -0.39 is 0 Å². The summed E-state index contributed by atoms with van der Waals surface area (Å²) in [4.78, 5) is 4.78. The smallest absolute Gasteiger partial charge is 0.110 e. The number of hydrogen-bond donors (Lipinski definition) is 1. The van der Waals surface area contributed by atoms with Crippen molar-refractivity contribution in [3.8, 4) is 0 Å². The molecule has 3 unspecified atom stereocenters. The molecule has 0 bridgehead atoms. The van der Waals surface area contributed by atoms with Crippen LogP contribution in [0.5, 0.6) is 0 Å². The topological polar surface area (TPSA) is 38.9 Å². The molecule has 1 aromatic heterocycles. The van der Waals surface area contributed by atoms with Crippen molar-refractivity contribution in [3.63, 3.8) is 0 Å². The van der Waals surface area contributed by atoms with Crippen molar-refractivity contribution in [2.24, 2.45) is 17.6 Å².